The van der Waals surface area contributed by atoms with E-state index >= 15 is 0 Å². The van der Waals surface area contributed by atoms with Crippen LogP contribution in [0.15, 0.2) is 24.3 Å². The normalized spacial score (nSPS) is 22.2. The Morgan fingerprint density at radius 2 is 1.83 bits per heavy atom. The summed E-state index contributed by atoms with van der Waals surface area (Å²) in [6, 6.07) is 5.30. The van der Waals surface area contributed by atoms with Gasteiger partial charge in [0.15, 0.2) is 0 Å². The minimum atomic E-state index is -2.97. The standard InChI is InChI=1S/C21H26F2N2O4S/c1-30-11-10-16(25-19(27)14-7-3-4-8-15(14)20(25)28)18(26)24-12-13-6-2-5-9-17(13)29-21(22)23/h2,5-6,9,14-16,21H,3-4,7-8,10-12H2,1H3,(H,24,26). The van der Waals surface area contributed by atoms with Crippen molar-refractivity contribution in [2.75, 3.05) is 12.0 Å². The van der Waals surface area contributed by atoms with Crippen LogP contribution in [-0.4, -0.2) is 47.3 Å². The lowest BCUT2D eigenvalue weighted by Gasteiger charge is -2.26. The van der Waals surface area contributed by atoms with E-state index in [1.54, 1.807) is 18.2 Å². The van der Waals surface area contributed by atoms with E-state index in [4.69, 9.17) is 0 Å². The molecule has 3 unspecified atom stereocenters. The molecule has 9 heteroatoms. The SMILES string of the molecule is CSCCC(C(=O)NCc1ccccc1OC(F)F)N1C(=O)C2CCCCC2C1=O. The van der Waals surface area contributed by atoms with E-state index in [1.165, 1.54) is 17.8 Å². The van der Waals surface area contributed by atoms with Crippen molar-refractivity contribution in [3.8, 4) is 5.75 Å². The van der Waals surface area contributed by atoms with Crippen molar-refractivity contribution < 1.29 is 27.9 Å². The quantitative estimate of drug-likeness (QED) is 0.597. The van der Waals surface area contributed by atoms with Gasteiger partial charge in [0, 0.05) is 12.1 Å². The van der Waals surface area contributed by atoms with Gasteiger partial charge in [-0.2, -0.15) is 20.5 Å². The van der Waals surface area contributed by atoms with Crippen molar-refractivity contribution in [1.29, 1.82) is 0 Å². The maximum absolute atomic E-state index is 13.0. The van der Waals surface area contributed by atoms with Gasteiger partial charge in [0.25, 0.3) is 0 Å². The predicted octanol–water partition coefficient (Wildman–Crippen LogP) is 3.20. The van der Waals surface area contributed by atoms with Gasteiger partial charge in [-0.3, -0.25) is 19.3 Å². The first kappa shape index (κ1) is 22.5. The molecule has 164 valence electrons. The fraction of sp³-hybridized carbons (Fsp3) is 0.571. The van der Waals surface area contributed by atoms with Gasteiger partial charge in [-0.05, 0) is 37.3 Å². The number of carbonyl (C=O) groups is 3. The van der Waals surface area contributed by atoms with E-state index in [1.807, 2.05) is 6.26 Å². The minimum absolute atomic E-state index is 0.0205. The van der Waals surface area contributed by atoms with Gasteiger partial charge in [0.2, 0.25) is 17.7 Å². The first-order valence-electron chi connectivity index (χ1n) is 10.1. The number of rotatable bonds is 9. The van der Waals surface area contributed by atoms with Crippen molar-refractivity contribution in [1.82, 2.24) is 10.2 Å². The summed E-state index contributed by atoms with van der Waals surface area (Å²) in [5.74, 6) is -1.04. The van der Waals surface area contributed by atoms with Gasteiger partial charge < -0.3 is 10.1 Å². The van der Waals surface area contributed by atoms with E-state index in [0.717, 1.165) is 17.7 Å². The smallest absolute Gasteiger partial charge is 0.387 e. The summed E-state index contributed by atoms with van der Waals surface area (Å²) in [6.45, 7) is -3.01. The Morgan fingerprint density at radius 1 is 1.20 bits per heavy atom. The summed E-state index contributed by atoms with van der Waals surface area (Å²) in [4.78, 5) is 40.0. The largest absolute Gasteiger partial charge is 0.434 e. The maximum Gasteiger partial charge on any atom is 0.387 e. The fourth-order valence-corrected chi connectivity index (χ4v) is 4.72. The number of nitrogens with zero attached hydrogens (tertiary/aromatic N) is 1. The summed E-state index contributed by atoms with van der Waals surface area (Å²) >= 11 is 1.53. The Hall–Kier alpha value is -2.16. The highest BCUT2D eigenvalue weighted by molar-refractivity contribution is 7.98. The van der Waals surface area contributed by atoms with E-state index in [9.17, 15) is 23.2 Å². The number of nitrogens with one attached hydrogen (secondary N) is 1. The number of fused-ring (bicyclic) bond motifs is 1. The molecule has 1 saturated carbocycles. The topological polar surface area (TPSA) is 75.7 Å². The number of amides is 3. The number of carbonyl (C=O) groups excluding carboxylic acids is 3. The summed E-state index contributed by atoms with van der Waals surface area (Å²) in [5, 5.41) is 2.70. The van der Waals surface area contributed by atoms with Crippen LogP contribution < -0.4 is 10.1 Å². The third kappa shape index (κ3) is 4.94. The zero-order chi connectivity index (χ0) is 21.7. The highest BCUT2D eigenvalue weighted by atomic mass is 32.2. The second-order valence-corrected chi connectivity index (χ2v) is 8.53. The highest BCUT2D eigenvalue weighted by Gasteiger charge is 2.51. The average molecular weight is 441 g/mol. The molecule has 2 aliphatic rings. The zero-order valence-electron chi connectivity index (χ0n) is 16.8. The third-order valence-corrected chi connectivity index (χ3v) is 6.37. The van der Waals surface area contributed by atoms with Crippen LogP contribution in [0.4, 0.5) is 8.78 Å². The number of imide groups is 1. The van der Waals surface area contributed by atoms with Crippen LogP contribution in [-0.2, 0) is 20.9 Å². The second-order valence-electron chi connectivity index (χ2n) is 7.55. The molecule has 1 aromatic carbocycles. The van der Waals surface area contributed by atoms with Crippen LogP contribution in [0.2, 0.25) is 0 Å². The molecule has 30 heavy (non-hydrogen) atoms. The molecule has 2 fully saturated rings. The van der Waals surface area contributed by atoms with Gasteiger partial charge in [0.1, 0.15) is 11.8 Å². The Labute approximate surface area is 178 Å². The summed E-state index contributed by atoms with van der Waals surface area (Å²) < 4.78 is 29.7. The molecular weight excluding hydrogens is 414 g/mol. The van der Waals surface area contributed by atoms with Gasteiger partial charge in [-0.1, -0.05) is 31.0 Å². The van der Waals surface area contributed by atoms with Gasteiger partial charge in [0.05, 0.1) is 11.8 Å². The molecule has 0 bridgehead atoms. The first-order chi connectivity index (χ1) is 14.4. The molecule has 1 saturated heterocycles. The molecule has 3 atom stereocenters. The zero-order valence-corrected chi connectivity index (χ0v) is 17.6. The molecule has 3 rings (SSSR count). The lowest BCUT2D eigenvalue weighted by molar-refractivity contribution is -0.148. The molecule has 1 heterocycles. The van der Waals surface area contributed by atoms with Crippen molar-refractivity contribution in [3.05, 3.63) is 29.8 Å². The van der Waals surface area contributed by atoms with Crippen molar-refractivity contribution in [2.45, 2.75) is 51.3 Å². The Morgan fingerprint density at radius 3 is 2.43 bits per heavy atom. The molecule has 1 N–H and O–H groups in total. The van der Waals surface area contributed by atoms with Crippen LogP contribution in [0.3, 0.4) is 0 Å². The summed E-state index contributed by atoms with van der Waals surface area (Å²) in [6.07, 6.45) is 5.43. The lowest BCUT2D eigenvalue weighted by Crippen LogP contribution is -2.50. The molecule has 0 spiro atoms. The fourth-order valence-electron chi connectivity index (χ4n) is 4.26. The Balaban J connectivity index is 1.74. The van der Waals surface area contributed by atoms with E-state index < -0.39 is 18.6 Å². The number of para-hydroxylation sites is 1. The molecule has 1 aromatic rings. The maximum atomic E-state index is 13.0. The van der Waals surface area contributed by atoms with Gasteiger partial charge >= 0.3 is 6.61 Å². The number of hydrogen-bond donors (Lipinski definition) is 1. The summed E-state index contributed by atoms with van der Waals surface area (Å²) in [7, 11) is 0. The lowest BCUT2D eigenvalue weighted by atomic mass is 9.81. The Kier molecular flexibility index (Phi) is 7.69. The van der Waals surface area contributed by atoms with E-state index in [0.29, 0.717) is 30.6 Å². The third-order valence-electron chi connectivity index (χ3n) is 5.73. The van der Waals surface area contributed by atoms with Gasteiger partial charge in [-0.15, -0.1) is 0 Å². The summed E-state index contributed by atoms with van der Waals surface area (Å²) in [5.41, 5.74) is 0.391. The molecule has 0 aromatic heterocycles. The first-order valence-corrected chi connectivity index (χ1v) is 11.5. The van der Waals surface area contributed by atoms with E-state index in [-0.39, 0.29) is 35.9 Å². The van der Waals surface area contributed by atoms with Crippen molar-refractivity contribution in [2.24, 2.45) is 11.8 Å². The molecule has 6 nitrogen and oxygen atoms in total. The number of alkyl halides is 2. The number of hydrogen-bond acceptors (Lipinski definition) is 5. The number of benzene rings is 1. The van der Waals surface area contributed by atoms with Crippen LogP contribution in [0.5, 0.6) is 5.75 Å². The second kappa shape index (κ2) is 10.2. The molecule has 1 aliphatic carbocycles. The number of thioether (sulfide) groups is 1. The highest BCUT2D eigenvalue weighted by Crippen LogP contribution is 2.39. The average Bonchev–Trinajstić information content (AvgIpc) is 2.98. The molecule has 1 aliphatic heterocycles. The number of ether oxygens (including phenoxy) is 1. The van der Waals surface area contributed by atoms with Crippen LogP contribution in [0.1, 0.15) is 37.7 Å². The molecular formula is C21H26F2N2O4S. The van der Waals surface area contributed by atoms with Crippen molar-refractivity contribution >= 4 is 29.5 Å². The van der Waals surface area contributed by atoms with Crippen LogP contribution in [0.25, 0.3) is 0 Å². The van der Waals surface area contributed by atoms with Gasteiger partial charge in [-0.25, -0.2) is 0 Å². The van der Waals surface area contributed by atoms with Crippen LogP contribution >= 0.6 is 11.8 Å². The number of halogens is 2. The monoisotopic (exact) mass is 440 g/mol. The Bertz CT molecular complexity index is 768. The molecule has 0 radical (unpaired) electrons. The minimum Gasteiger partial charge on any atom is -0.434 e. The predicted molar refractivity (Wildman–Crippen MR) is 109 cm³/mol. The molecule has 3 amide bonds. The van der Waals surface area contributed by atoms with Crippen molar-refractivity contribution in [3.63, 3.8) is 0 Å². The van der Waals surface area contributed by atoms with E-state index in [2.05, 4.69) is 10.1 Å². The number of likely N-dealkylation sites (tertiary alicyclic amines) is 1. The van der Waals surface area contributed by atoms with Crippen LogP contribution in [0, 0.1) is 11.8 Å².